The van der Waals surface area contributed by atoms with Gasteiger partial charge in [0.1, 0.15) is 0 Å². The van der Waals surface area contributed by atoms with Crippen molar-refractivity contribution >= 4 is 5.91 Å². The molecule has 0 aliphatic rings. The Morgan fingerprint density at radius 3 is 2.38 bits per heavy atom. The maximum absolute atomic E-state index is 11.0. The quantitative estimate of drug-likeness (QED) is 0.603. The molecule has 2 N–H and O–H groups in total. The molecular formula is C9H20N2O2. The highest BCUT2D eigenvalue weighted by atomic mass is 16.6. The molecule has 0 rings (SSSR count). The van der Waals surface area contributed by atoms with E-state index in [1.54, 1.807) is 0 Å². The lowest BCUT2D eigenvalue weighted by atomic mass is 10.2. The Labute approximate surface area is 80.0 Å². The van der Waals surface area contributed by atoms with Gasteiger partial charge >= 0.3 is 0 Å². The molecule has 0 fully saturated rings. The molecule has 0 radical (unpaired) electrons. The van der Waals surface area contributed by atoms with Gasteiger partial charge in [-0.05, 0) is 5.92 Å². The minimum atomic E-state index is -0.130. The zero-order valence-electron chi connectivity index (χ0n) is 8.89. The smallest absolute Gasteiger partial charge is 0.257 e. The Morgan fingerprint density at radius 2 is 1.92 bits per heavy atom. The third-order valence-electron chi connectivity index (χ3n) is 1.27. The highest BCUT2D eigenvalue weighted by Crippen LogP contribution is 1.89. The van der Waals surface area contributed by atoms with Crippen LogP contribution in [0.2, 0.25) is 0 Å². The third-order valence-corrected chi connectivity index (χ3v) is 1.27. The van der Waals surface area contributed by atoms with Gasteiger partial charge in [0.2, 0.25) is 0 Å². The fourth-order valence-electron chi connectivity index (χ4n) is 0.622. The molecule has 0 saturated heterocycles. The lowest BCUT2D eigenvalue weighted by molar-refractivity contribution is -0.133. The van der Waals surface area contributed by atoms with Gasteiger partial charge in [-0.15, -0.1) is 0 Å². The van der Waals surface area contributed by atoms with E-state index >= 15 is 0 Å². The second-order valence-electron chi connectivity index (χ2n) is 3.77. The van der Waals surface area contributed by atoms with Gasteiger partial charge in [-0.2, -0.15) is 0 Å². The largest absolute Gasteiger partial charge is 0.306 e. The van der Waals surface area contributed by atoms with E-state index in [9.17, 15) is 4.79 Å². The van der Waals surface area contributed by atoms with Crippen LogP contribution in [0.1, 0.15) is 27.7 Å². The number of carbonyl (C=O) groups excluding carboxylic acids is 1. The van der Waals surface area contributed by atoms with Crippen molar-refractivity contribution in [3.63, 3.8) is 0 Å². The average Bonchev–Trinajstić information content (AvgIpc) is 2.00. The topological polar surface area (TPSA) is 50.4 Å². The van der Waals surface area contributed by atoms with Crippen LogP contribution in [-0.2, 0) is 9.63 Å². The van der Waals surface area contributed by atoms with Gasteiger partial charge in [-0.25, -0.2) is 5.48 Å². The molecule has 1 amide bonds. The monoisotopic (exact) mass is 188 g/mol. The Morgan fingerprint density at radius 1 is 1.31 bits per heavy atom. The van der Waals surface area contributed by atoms with E-state index in [1.165, 1.54) is 0 Å². The summed E-state index contributed by atoms with van der Waals surface area (Å²) in [5, 5.41) is 2.99. The van der Waals surface area contributed by atoms with Crippen LogP contribution in [0.5, 0.6) is 0 Å². The van der Waals surface area contributed by atoms with Crippen molar-refractivity contribution in [2.45, 2.75) is 33.7 Å². The number of hydroxylamine groups is 1. The summed E-state index contributed by atoms with van der Waals surface area (Å²) in [5.41, 5.74) is 2.37. The molecule has 0 saturated carbocycles. The molecule has 0 aliphatic carbocycles. The Kier molecular flexibility index (Phi) is 6.54. The predicted molar refractivity (Wildman–Crippen MR) is 52.1 cm³/mol. The summed E-state index contributed by atoms with van der Waals surface area (Å²) in [4.78, 5) is 16.0. The molecule has 0 bridgehead atoms. The van der Waals surface area contributed by atoms with Crippen LogP contribution in [0.15, 0.2) is 0 Å². The number of carbonyl (C=O) groups is 1. The van der Waals surface area contributed by atoms with Crippen LogP contribution in [0, 0.1) is 5.92 Å². The van der Waals surface area contributed by atoms with Crippen molar-refractivity contribution in [2.24, 2.45) is 5.92 Å². The van der Waals surface area contributed by atoms with E-state index in [0.717, 1.165) is 0 Å². The van der Waals surface area contributed by atoms with Gasteiger partial charge in [-0.3, -0.25) is 9.63 Å². The second kappa shape index (κ2) is 6.86. The third kappa shape index (κ3) is 9.30. The van der Waals surface area contributed by atoms with Crippen LogP contribution >= 0.6 is 0 Å². The second-order valence-corrected chi connectivity index (χ2v) is 3.77. The normalized spacial score (nSPS) is 10.9. The molecule has 0 heterocycles. The molecule has 4 nitrogen and oxygen atoms in total. The first-order valence-corrected chi connectivity index (χ1v) is 4.66. The first kappa shape index (κ1) is 12.4. The Hall–Kier alpha value is -0.610. The van der Waals surface area contributed by atoms with Crippen molar-refractivity contribution in [1.29, 1.82) is 0 Å². The van der Waals surface area contributed by atoms with Crippen molar-refractivity contribution in [2.75, 3.05) is 13.2 Å². The molecule has 0 unspecified atom stereocenters. The molecule has 4 heteroatoms. The van der Waals surface area contributed by atoms with Gasteiger partial charge in [0.25, 0.3) is 5.91 Å². The summed E-state index contributed by atoms with van der Waals surface area (Å²) in [6, 6.07) is 0.316. The molecule has 0 spiro atoms. The van der Waals surface area contributed by atoms with Crippen molar-refractivity contribution in [3.8, 4) is 0 Å². The maximum Gasteiger partial charge on any atom is 0.257 e. The van der Waals surface area contributed by atoms with Gasteiger partial charge in [0, 0.05) is 6.04 Å². The fourth-order valence-corrected chi connectivity index (χ4v) is 0.622. The van der Waals surface area contributed by atoms with Gasteiger partial charge in [0.15, 0.2) is 0 Å². The lowest BCUT2D eigenvalue weighted by Crippen LogP contribution is -2.37. The van der Waals surface area contributed by atoms with E-state index in [4.69, 9.17) is 4.84 Å². The zero-order chi connectivity index (χ0) is 10.3. The molecule has 0 aromatic rings. The van der Waals surface area contributed by atoms with Crippen LogP contribution in [-0.4, -0.2) is 25.1 Å². The molecule has 0 atom stereocenters. The summed E-state index contributed by atoms with van der Waals surface area (Å²) in [6.07, 6.45) is 0. The lowest BCUT2D eigenvalue weighted by Gasteiger charge is -2.09. The molecule has 0 aromatic carbocycles. The maximum atomic E-state index is 11.0. The van der Waals surface area contributed by atoms with Gasteiger partial charge < -0.3 is 5.32 Å². The highest BCUT2D eigenvalue weighted by Gasteiger charge is 2.02. The van der Waals surface area contributed by atoms with E-state index in [1.807, 2.05) is 27.7 Å². The van der Waals surface area contributed by atoms with Crippen LogP contribution in [0.3, 0.4) is 0 Å². The number of hydrogen-bond donors (Lipinski definition) is 2. The van der Waals surface area contributed by atoms with E-state index in [-0.39, 0.29) is 5.91 Å². The van der Waals surface area contributed by atoms with E-state index in [2.05, 4.69) is 10.8 Å². The van der Waals surface area contributed by atoms with Crippen LogP contribution in [0.25, 0.3) is 0 Å². The summed E-state index contributed by atoms with van der Waals surface area (Å²) in [5.74, 6) is 0.299. The first-order chi connectivity index (χ1) is 6.02. The Balaban J connectivity index is 3.30. The SMILES string of the molecule is CC(C)CONC(=O)CNC(C)C. The van der Waals surface area contributed by atoms with E-state index in [0.29, 0.717) is 25.1 Å². The highest BCUT2D eigenvalue weighted by molar-refractivity contribution is 5.76. The van der Waals surface area contributed by atoms with Crippen LogP contribution in [0.4, 0.5) is 0 Å². The van der Waals surface area contributed by atoms with Crippen molar-refractivity contribution < 1.29 is 9.63 Å². The number of hydrogen-bond acceptors (Lipinski definition) is 3. The van der Waals surface area contributed by atoms with Gasteiger partial charge in [-0.1, -0.05) is 27.7 Å². The van der Waals surface area contributed by atoms with Crippen molar-refractivity contribution in [1.82, 2.24) is 10.8 Å². The summed E-state index contributed by atoms with van der Waals surface area (Å²) < 4.78 is 0. The number of amides is 1. The molecule has 78 valence electrons. The van der Waals surface area contributed by atoms with Crippen LogP contribution < -0.4 is 10.8 Å². The minimum Gasteiger partial charge on any atom is -0.306 e. The predicted octanol–water partition coefficient (Wildman–Crippen LogP) is 0.688. The summed E-state index contributed by atoms with van der Waals surface area (Å²) in [7, 11) is 0. The Bertz CT molecular complexity index is 147. The minimum absolute atomic E-state index is 0.130. The standard InChI is InChI=1S/C9H20N2O2/c1-7(2)6-13-11-9(12)5-10-8(3)4/h7-8,10H,5-6H2,1-4H3,(H,11,12). The fraction of sp³-hybridized carbons (Fsp3) is 0.889. The van der Waals surface area contributed by atoms with E-state index < -0.39 is 0 Å². The molecular weight excluding hydrogens is 168 g/mol. The molecule has 0 aliphatic heterocycles. The van der Waals surface area contributed by atoms with Crippen molar-refractivity contribution in [3.05, 3.63) is 0 Å². The molecule has 13 heavy (non-hydrogen) atoms. The summed E-state index contributed by atoms with van der Waals surface area (Å²) >= 11 is 0. The van der Waals surface area contributed by atoms with Gasteiger partial charge in [0.05, 0.1) is 13.2 Å². The number of rotatable bonds is 6. The molecule has 0 aromatic heterocycles. The number of nitrogens with one attached hydrogen (secondary N) is 2. The zero-order valence-corrected chi connectivity index (χ0v) is 8.89. The first-order valence-electron chi connectivity index (χ1n) is 4.66. The average molecular weight is 188 g/mol. The summed E-state index contributed by atoms with van der Waals surface area (Å²) in [6.45, 7) is 8.88.